The van der Waals surface area contributed by atoms with E-state index in [1.54, 1.807) is 0 Å². The number of hydrogen-bond donors (Lipinski definition) is 0. The first-order valence-corrected chi connectivity index (χ1v) is 28.9. The molecule has 1 unspecified atom stereocenters. The van der Waals surface area contributed by atoms with Gasteiger partial charge in [-0.2, -0.15) is 0 Å². The third-order valence-corrected chi connectivity index (χ3v) is 13.0. The maximum absolute atomic E-state index is 12.8. The maximum Gasteiger partial charge on any atom is 0.306 e. The van der Waals surface area contributed by atoms with E-state index in [0.29, 0.717) is 26.1 Å². The molecule has 378 valence electrons. The Morgan fingerprint density at radius 2 is 0.656 bits per heavy atom. The molecule has 0 radical (unpaired) electrons. The molecule has 0 aromatic carbocycles. The van der Waals surface area contributed by atoms with Gasteiger partial charge in [-0.05, 0) is 51.4 Å². The molecule has 0 rings (SSSR count). The van der Waals surface area contributed by atoms with Gasteiger partial charge in [0.15, 0.2) is 6.10 Å². The number of hydrogen-bond acceptors (Lipinski definition) is 5. The number of ether oxygens (including phenoxy) is 3. The molecule has 0 aliphatic carbocycles. The quantitative estimate of drug-likeness (QED) is 0.0346. The van der Waals surface area contributed by atoms with E-state index in [9.17, 15) is 9.59 Å². The third-order valence-electron chi connectivity index (χ3n) is 13.0. The van der Waals surface area contributed by atoms with E-state index in [1.165, 1.54) is 238 Å². The van der Waals surface area contributed by atoms with Crippen LogP contribution < -0.4 is 0 Å². The van der Waals surface area contributed by atoms with Crippen molar-refractivity contribution in [1.29, 1.82) is 0 Å². The van der Waals surface area contributed by atoms with Gasteiger partial charge in [0.25, 0.3) is 0 Å². The van der Waals surface area contributed by atoms with Crippen molar-refractivity contribution in [3.05, 3.63) is 24.3 Å². The second kappa shape index (κ2) is 55.7. The lowest BCUT2D eigenvalue weighted by molar-refractivity contribution is -0.163. The van der Waals surface area contributed by atoms with Crippen LogP contribution in [0.4, 0.5) is 0 Å². The van der Waals surface area contributed by atoms with Crippen molar-refractivity contribution >= 4 is 11.9 Å². The largest absolute Gasteiger partial charge is 0.462 e. The molecule has 0 saturated heterocycles. The molecule has 0 aromatic heterocycles. The van der Waals surface area contributed by atoms with E-state index < -0.39 is 6.10 Å². The molecule has 0 spiro atoms. The Morgan fingerprint density at radius 1 is 0.344 bits per heavy atom. The summed E-state index contributed by atoms with van der Waals surface area (Å²) in [5, 5.41) is 0. The summed E-state index contributed by atoms with van der Waals surface area (Å²) in [5.74, 6) is -0.376. The van der Waals surface area contributed by atoms with Gasteiger partial charge in [-0.1, -0.05) is 276 Å². The van der Waals surface area contributed by atoms with Gasteiger partial charge in [-0.15, -0.1) is 0 Å². The first kappa shape index (κ1) is 62.4. The predicted octanol–water partition coefficient (Wildman–Crippen LogP) is 19.6. The first-order valence-electron chi connectivity index (χ1n) is 28.9. The summed E-state index contributed by atoms with van der Waals surface area (Å²) in [6.07, 6.45) is 66.2. The van der Waals surface area contributed by atoms with Gasteiger partial charge >= 0.3 is 11.9 Å². The molecular formula is C59H112O5. The molecular weight excluding hydrogens is 789 g/mol. The average molecular weight is 902 g/mol. The topological polar surface area (TPSA) is 61.8 Å². The lowest BCUT2D eigenvalue weighted by atomic mass is 10.0. The fourth-order valence-corrected chi connectivity index (χ4v) is 8.66. The van der Waals surface area contributed by atoms with Crippen LogP contribution in [0.25, 0.3) is 0 Å². The summed E-state index contributed by atoms with van der Waals surface area (Å²) in [6, 6.07) is 0. The summed E-state index contributed by atoms with van der Waals surface area (Å²) in [7, 11) is 0. The smallest absolute Gasteiger partial charge is 0.306 e. The molecule has 0 N–H and O–H groups in total. The van der Waals surface area contributed by atoms with Crippen LogP contribution in [0.5, 0.6) is 0 Å². The Hall–Kier alpha value is -1.62. The van der Waals surface area contributed by atoms with Crippen molar-refractivity contribution in [3.8, 4) is 0 Å². The first-order chi connectivity index (χ1) is 31.6. The lowest BCUT2D eigenvalue weighted by Gasteiger charge is -2.18. The minimum Gasteiger partial charge on any atom is -0.462 e. The van der Waals surface area contributed by atoms with Gasteiger partial charge in [0.05, 0.1) is 6.61 Å². The van der Waals surface area contributed by atoms with E-state index in [4.69, 9.17) is 14.2 Å². The molecule has 0 aromatic rings. The Labute approximate surface area is 400 Å². The fraction of sp³-hybridized carbons (Fsp3) is 0.898. The van der Waals surface area contributed by atoms with Crippen LogP contribution in [-0.4, -0.2) is 37.9 Å². The van der Waals surface area contributed by atoms with Gasteiger partial charge < -0.3 is 14.2 Å². The highest BCUT2D eigenvalue weighted by Gasteiger charge is 2.17. The minimum atomic E-state index is -0.532. The van der Waals surface area contributed by atoms with Crippen LogP contribution >= 0.6 is 0 Å². The van der Waals surface area contributed by atoms with Gasteiger partial charge in [-0.3, -0.25) is 9.59 Å². The van der Waals surface area contributed by atoms with Crippen molar-refractivity contribution in [3.63, 3.8) is 0 Å². The standard InChI is InChI=1S/C59H112O5/c1-4-7-10-13-16-19-22-25-28-29-30-33-36-39-42-45-48-51-54-62-55-57(64-59(61)53-50-47-44-41-38-35-32-27-24-21-18-15-12-9-6-3)56-63-58(60)52-49-46-43-40-37-34-31-26-23-20-17-14-11-8-5-2/h16,19,25,28,57H,4-15,17-18,20-24,26-27,29-56H2,1-3H3/b19-16-,28-25-. The summed E-state index contributed by atoms with van der Waals surface area (Å²) >= 11 is 0. The molecule has 0 aliphatic heterocycles. The Bertz CT molecular complexity index is 974. The molecule has 0 heterocycles. The van der Waals surface area contributed by atoms with Crippen LogP contribution in [0.2, 0.25) is 0 Å². The molecule has 1 atom stereocenters. The zero-order chi connectivity index (χ0) is 46.3. The summed E-state index contributed by atoms with van der Waals surface area (Å²) in [6.45, 7) is 7.86. The van der Waals surface area contributed by atoms with Crippen molar-refractivity contribution in [2.75, 3.05) is 19.8 Å². The summed E-state index contributed by atoms with van der Waals surface area (Å²) in [4.78, 5) is 25.5. The maximum atomic E-state index is 12.8. The van der Waals surface area contributed by atoms with Crippen LogP contribution in [0.3, 0.4) is 0 Å². The summed E-state index contributed by atoms with van der Waals surface area (Å²) < 4.78 is 17.5. The lowest BCUT2D eigenvalue weighted by Crippen LogP contribution is -2.30. The number of carbonyl (C=O) groups excluding carboxylic acids is 2. The van der Waals surface area contributed by atoms with E-state index in [1.807, 2.05) is 0 Å². The highest BCUT2D eigenvalue weighted by Crippen LogP contribution is 2.17. The van der Waals surface area contributed by atoms with E-state index in [0.717, 1.165) is 44.9 Å². The Kier molecular flexibility index (Phi) is 54.3. The van der Waals surface area contributed by atoms with Crippen LogP contribution in [-0.2, 0) is 23.8 Å². The SMILES string of the molecule is CCCCC/C=C\C/C=C\CCCCCCCCCCOCC(COC(=O)CCCCCCCCCCCCCCCCC)OC(=O)CCCCCCCCCCCCCCCCC. The van der Waals surface area contributed by atoms with Gasteiger partial charge in [-0.25, -0.2) is 0 Å². The molecule has 5 nitrogen and oxygen atoms in total. The monoisotopic (exact) mass is 901 g/mol. The van der Waals surface area contributed by atoms with Crippen LogP contribution in [0.1, 0.15) is 316 Å². The van der Waals surface area contributed by atoms with Crippen molar-refractivity contribution < 1.29 is 23.8 Å². The van der Waals surface area contributed by atoms with Crippen LogP contribution in [0, 0.1) is 0 Å². The molecule has 0 aliphatic rings. The molecule has 64 heavy (non-hydrogen) atoms. The van der Waals surface area contributed by atoms with Gasteiger partial charge in [0.2, 0.25) is 0 Å². The molecule has 0 bridgehead atoms. The normalized spacial score (nSPS) is 12.2. The van der Waals surface area contributed by atoms with Crippen molar-refractivity contribution in [1.82, 2.24) is 0 Å². The Morgan fingerprint density at radius 3 is 1.06 bits per heavy atom. The zero-order valence-corrected chi connectivity index (χ0v) is 43.6. The average Bonchev–Trinajstić information content (AvgIpc) is 3.30. The van der Waals surface area contributed by atoms with Crippen molar-refractivity contribution in [2.45, 2.75) is 322 Å². The van der Waals surface area contributed by atoms with Gasteiger partial charge in [0.1, 0.15) is 6.61 Å². The highest BCUT2D eigenvalue weighted by molar-refractivity contribution is 5.70. The molecule has 0 saturated carbocycles. The fourth-order valence-electron chi connectivity index (χ4n) is 8.66. The number of rotatable bonds is 54. The van der Waals surface area contributed by atoms with Crippen molar-refractivity contribution in [2.24, 2.45) is 0 Å². The molecule has 0 amide bonds. The third kappa shape index (κ3) is 53.0. The summed E-state index contributed by atoms with van der Waals surface area (Å²) in [5.41, 5.74) is 0. The number of esters is 2. The predicted molar refractivity (Wildman–Crippen MR) is 279 cm³/mol. The van der Waals surface area contributed by atoms with E-state index >= 15 is 0 Å². The van der Waals surface area contributed by atoms with E-state index in [2.05, 4.69) is 45.1 Å². The van der Waals surface area contributed by atoms with E-state index in [-0.39, 0.29) is 18.5 Å². The van der Waals surface area contributed by atoms with Gasteiger partial charge in [0, 0.05) is 19.4 Å². The van der Waals surface area contributed by atoms with Crippen LogP contribution in [0.15, 0.2) is 24.3 Å². The molecule has 0 fully saturated rings. The second-order valence-corrected chi connectivity index (χ2v) is 19.6. The number of carbonyl (C=O) groups is 2. The second-order valence-electron chi connectivity index (χ2n) is 19.6. The highest BCUT2D eigenvalue weighted by atomic mass is 16.6. The minimum absolute atomic E-state index is 0.0914. The number of unbranched alkanes of at least 4 members (excludes halogenated alkanes) is 39. The Balaban J connectivity index is 4.22. The number of allylic oxidation sites excluding steroid dienone is 4. The zero-order valence-electron chi connectivity index (χ0n) is 43.6. The molecule has 5 heteroatoms.